The molecule has 49 heavy (non-hydrogen) atoms. The number of aromatic nitrogens is 1. The van der Waals surface area contributed by atoms with E-state index >= 15 is 0 Å². The van der Waals surface area contributed by atoms with Gasteiger partial charge < -0.3 is 15.5 Å². The van der Waals surface area contributed by atoms with E-state index in [0.717, 1.165) is 21.5 Å². The maximum absolute atomic E-state index is 14.5. The Labute approximate surface area is 288 Å². The summed E-state index contributed by atoms with van der Waals surface area (Å²) in [5.74, 6) is -3.87. The standard InChI is InChI=1S/C37H32ClN3O7S/c1-3-24(19-25(4-2)35(43)44)23-41(49(47,48)32-16-12-27(13-17-32)26-10-14-30(38)15-11-26)37(36(45)46)21-33(37)28-7-5-9-31(20-28)40-34(42)29-8-6-18-39-22-29/h3-20,22,33H,2,21,23H2,1H3,(H,40,42)(H,43,44)(H,45,46)/b24-3+,25-19+. The molecule has 10 nitrogen and oxygen atoms in total. The van der Waals surface area contributed by atoms with Crippen LogP contribution in [0.15, 0.2) is 138 Å². The molecule has 0 bridgehead atoms. The van der Waals surface area contributed by atoms with Crippen LogP contribution in [-0.4, -0.2) is 57.8 Å². The SMILES string of the molecule is C=C/C(=C\C(=C/C)CN(C1(C(=O)O)CC1c1cccc(NC(=O)c2cccnc2)c1)S(=O)(=O)c1ccc(-c2ccc(Cl)cc2)cc1)C(=O)O. The fourth-order valence-electron chi connectivity index (χ4n) is 5.62. The van der Waals surface area contributed by atoms with E-state index in [4.69, 9.17) is 11.6 Å². The number of nitrogens with one attached hydrogen (secondary N) is 1. The predicted octanol–water partition coefficient (Wildman–Crippen LogP) is 6.80. The number of amides is 1. The lowest BCUT2D eigenvalue weighted by Gasteiger charge is -2.30. The summed E-state index contributed by atoms with van der Waals surface area (Å²) in [7, 11) is -4.51. The Morgan fingerprint density at radius 3 is 2.27 bits per heavy atom. The highest BCUT2D eigenvalue weighted by Crippen LogP contribution is 2.57. The van der Waals surface area contributed by atoms with Crippen molar-refractivity contribution in [2.45, 2.75) is 29.7 Å². The monoisotopic (exact) mass is 697 g/mol. The molecule has 0 aliphatic heterocycles. The van der Waals surface area contributed by atoms with Gasteiger partial charge in [0, 0.05) is 35.6 Å². The molecule has 1 aromatic heterocycles. The molecule has 5 rings (SSSR count). The van der Waals surface area contributed by atoms with E-state index in [1.54, 1.807) is 85.9 Å². The number of rotatable bonds is 13. The smallest absolute Gasteiger partial charge is 0.335 e. The van der Waals surface area contributed by atoms with Crippen LogP contribution in [0.4, 0.5) is 5.69 Å². The van der Waals surface area contributed by atoms with E-state index in [9.17, 15) is 33.0 Å². The first-order chi connectivity index (χ1) is 23.4. The number of pyridine rings is 1. The van der Waals surface area contributed by atoms with Crippen LogP contribution >= 0.6 is 11.6 Å². The number of anilines is 1. The van der Waals surface area contributed by atoms with E-state index < -0.39 is 45.9 Å². The summed E-state index contributed by atoms with van der Waals surface area (Å²) in [5, 5.41) is 23.7. The van der Waals surface area contributed by atoms with Crippen LogP contribution in [0.3, 0.4) is 0 Å². The van der Waals surface area contributed by atoms with E-state index in [0.29, 0.717) is 21.8 Å². The van der Waals surface area contributed by atoms with Gasteiger partial charge >= 0.3 is 11.9 Å². The first-order valence-corrected chi connectivity index (χ1v) is 16.9. The highest BCUT2D eigenvalue weighted by atomic mass is 35.5. The molecule has 250 valence electrons. The predicted molar refractivity (Wildman–Crippen MR) is 187 cm³/mol. The van der Waals surface area contributed by atoms with E-state index in [1.807, 2.05) is 0 Å². The number of nitrogens with zero attached hydrogens (tertiary/aromatic N) is 2. The van der Waals surface area contributed by atoms with Gasteiger partial charge in [-0.05, 0) is 90.2 Å². The Morgan fingerprint density at radius 2 is 1.69 bits per heavy atom. The zero-order valence-corrected chi connectivity index (χ0v) is 27.9. The number of hydrogen-bond acceptors (Lipinski definition) is 6. The number of carboxylic acid groups (broad SMARTS) is 2. The fourth-order valence-corrected chi connectivity index (χ4v) is 7.51. The molecule has 0 spiro atoms. The van der Waals surface area contributed by atoms with Crippen molar-refractivity contribution < 1.29 is 33.0 Å². The average molecular weight is 698 g/mol. The number of allylic oxidation sites excluding steroid dienone is 1. The van der Waals surface area contributed by atoms with Gasteiger partial charge in [0.2, 0.25) is 10.0 Å². The van der Waals surface area contributed by atoms with Crippen molar-refractivity contribution in [2.24, 2.45) is 0 Å². The third-order valence-corrected chi connectivity index (χ3v) is 10.5. The lowest BCUT2D eigenvalue weighted by Crippen LogP contribution is -2.49. The number of aliphatic carboxylic acids is 2. The molecule has 1 heterocycles. The van der Waals surface area contributed by atoms with Gasteiger partial charge in [0.25, 0.3) is 5.91 Å². The lowest BCUT2D eigenvalue weighted by atomic mass is 10.0. The van der Waals surface area contributed by atoms with E-state index in [2.05, 4.69) is 16.9 Å². The Balaban J connectivity index is 1.55. The second-order valence-electron chi connectivity index (χ2n) is 11.3. The zero-order chi connectivity index (χ0) is 35.3. The van der Waals surface area contributed by atoms with Crippen molar-refractivity contribution in [1.29, 1.82) is 0 Å². The maximum atomic E-state index is 14.5. The third-order valence-electron chi connectivity index (χ3n) is 8.34. The summed E-state index contributed by atoms with van der Waals surface area (Å²) in [4.78, 5) is 41.6. The number of halogens is 1. The molecule has 2 atom stereocenters. The van der Waals surface area contributed by atoms with E-state index in [-0.39, 0.29) is 22.5 Å². The van der Waals surface area contributed by atoms with Crippen molar-refractivity contribution >= 4 is 45.2 Å². The quantitative estimate of drug-likeness (QED) is 0.102. The van der Waals surface area contributed by atoms with Crippen LogP contribution in [-0.2, 0) is 19.6 Å². The molecule has 1 aliphatic rings. The van der Waals surface area contributed by atoms with Gasteiger partial charge in [0.05, 0.1) is 16.0 Å². The van der Waals surface area contributed by atoms with Crippen LogP contribution in [0.1, 0.15) is 35.2 Å². The Bertz CT molecular complexity index is 2080. The highest BCUT2D eigenvalue weighted by molar-refractivity contribution is 7.89. The molecular weight excluding hydrogens is 666 g/mol. The molecule has 0 radical (unpaired) electrons. The molecule has 12 heteroatoms. The number of benzene rings is 3. The fraction of sp³-hybridized carbons (Fsp3) is 0.135. The first kappa shape index (κ1) is 35.0. The number of carbonyl (C=O) groups is 3. The van der Waals surface area contributed by atoms with Gasteiger partial charge in [-0.25, -0.2) is 13.2 Å². The molecule has 3 N–H and O–H groups in total. The number of carbonyl (C=O) groups excluding carboxylic acids is 1. The summed E-state index contributed by atoms with van der Waals surface area (Å²) in [6.07, 6.45) is 6.80. The Morgan fingerprint density at radius 1 is 1.02 bits per heavy atom. The number of sulfonamides is 1. The van der Waals surface area contributed by atoms with Crippen LogP contribution in [0, 0.1) is 0 Å². The maximum Gasteiger partial charge on any atom is 0.335 e. The number of carboxylic acids is 2. The summed E-state index contributed by atoms with van der Waals surface area (Å²) < 4.78 is 29.9. The van der Waals surface area contributed by atoms with Crippen LogP contribution in [0.5, 0.6) is 0 Å². The van der Waals surface area contributed by atoms with Gasteiger partial charge in [-0.2, -0.15) is 4.31 Å². The van der Waals surface area contributed by atoms with E-state index in [1.165, 1.54) is 30.5 Å². The van der Waals surface area contributed by atoms with Crippen molar-refractivity contribution in [2.75, 3.05) is 11.9 Å². The molecule has 1 amide bonds. The molecular formula is C37H32ClN3O7S. The molecule has 1 saturated carbocycles. The largest absolute Gasteiger partial charge is 0.480 e. The minimum absolute atomic E-state index is 0.0711. The normalized spacial score (nSPS) is 17.7. The van der Waals surface area contributed by atoms with Crippen molar-refractivity contribution in [1.82, 2.24) is 9.29 Å². The summed E-state index contributed by atoms with van der Waals surface area (Å²) in [6.45, 7) is 4.69. The van der Waals surface area contributed by atoms with Crippen LogP contribution < -0.4 is 5.32 Å². The average Bonchev–Trinajstić information content (AvgIpc) is 3.86. The Kier molecular flexibility index (Phi) is 10.3. The summed E-state index contributed by atoms with van der Waals surface area (Å²) in [5.41, 5.74) is 0.869. The zero-order valence-electron chi connectivity index (χ0n) is 26.3. The molecule has 2 unspecified atom stereocenters. The minimum Gasteiger partial charge on any atom is -0.480 e. The minimum atomic E-state index is -4.51. The summed E-state index contributed by atoms with van der Waals surface area (Å²) >= 11 is 6.02. The molecule has 1 fully saturated rings. The first-order valence-electron chi connectivity index (χ1n) is 15.1. The van der Waals surface area contributed by atoms with Gasteiger partial charge in [-0.15, -0.1) is 0 Å². The number of hydrogen-bond donors (Lipinski definition) is 3. The van der Waals surface area contributed by atoms with Gasteiger partial charge in [-0.1, -0.05) is 66.7 Å². The van der Waals surface area contributed by atoms with Crippen molar-refractivity contribution in [3.63, 3.8) is 0 Å². The highest BCUT2D eigenvalue weighted by Gasteiger charge is 2.68. The van der Waals surface area contributed by atoms with Crippen LogP contribution in [0.2, 0.25) is 5.02 Å². The van der Waals surface area contributed by atoms with Gasteiger partial charge in [0.15, 0.2) is 0 Å². The second kappa shape index (κ2) is 14.4. The van der Waals surface area contributed by atoms with Gasteiger partial charge in [0.1, 0.15) is 5.54 Å². The summed E-state index contributed by atoms with van der Waals surface area (Å²) in [6, 6.07) is 22.9. The molecule has 4 aromatic rings. The topological polar surface area (TPSA) is 154 Å². The second-order valence-corrected chi connectivity index (χ2v) is 13.6. The van der Waals surface area contributed by atoms with Gasteiger partial charge in [-0.3, -0.25) is 14.6 Å². The lowest BCUT2D eigenvalue weighted by molar-refractivity contribution is -0.143. The van der Waals surface area contributed by atoms with Crippen molar-refractivity contribution in [3.05, 3.63) is 149 Å². The molecule has 1 aliphatic carbocycles. The van der Waals surface area contributed by atoms with Crippen LogP contribution in [0.25, 0.3) is 11.1 Å². The Hall–Kier alpha value is -5.36. The molecule has 0 saturated heterocycles. The van der Waals surface area contributed by atoms with Crippen molar-refractivity contribution in [3.8, 4) is 11.1 Å². The third kappa shape index (κ3) is 7.39. The molecule has 3 aromatic carbocycles.